The van der Waals surface area contributed by atoms with Crippen LogP contribution in [0.3, 0.4) is 0 Å². The second-order valence-corrected chi connectivity index (χ2v) is 4.21. The van der Waals surface area contributed by atoms with Gasteiger partial charge in [-0.05, 0) is 37.1 Å². The Kier molecular flexibility index (Phi) is 5.38. The van der Waals surface area contributed by atoms with Crippen molar-refractivity contribution in [2.45, 2.75) is 32.7 Å². The smallest absolute Gasteiger partial charge is 0.0438 e. The molecule has 1 nitrogen and oxygen atoms in total. The van der Waals surface area contributed by atoms with Gasteiger partial charge in [0.1, 0.15) is 0 Å². The fourth-order valence-corrected chi connectivity index (χ4v) is 2.03. The predicted octanol–water partition coefficient (Wildman–Crippen LogP) is 3.71. The number of terminal acetylenes is 1. The van der Waals surface area contributed by atoms with Crippen LogP contribution in [0.15, 0.2) is 18.2 Å². The van der Waals surface area contributed by atoms with Gasteiger partial charge in [0.05, 0.1) is 0 Å². The summed E-state index contributed by atoms with van der Waals surface area (Å²) in [5, 5.41) is 4.27. The van der Waals surface area contributed by atoms with E-state index in [9.17, 15) is 0 Å². The molecule has 1 aromatic rings. The Morgan fingerprint density at radius 1 is 1.50 bits per heavy atom. The first-order valence-electron chi connectivity index (χ1n) is 5.62. The summed E-state index contributed by atoms with van der Waals surface area (Å²) in [5.41, 5.74) is 2.40. The lowest BCUT2D eigenvalue weighted by molar-refractivity contribution is 0.520. The number of halogens is 1. The average molecular weight is 236 g/mol. The molecule has 1 rings (SSSR count). The largest absolute Gasteiger partial charge is 0.310 e. The molecule has 1 aromatic carbocycles. The Labute approximate surface area is 103 Å². The minimum atomic E-state index is 0.305. The Bertz CT molecular complexity index is 379. The SMILES string of the molecule is C#CCCC(NCC)c1cccc(Cl)c1C. The second-order valence-electron chi connectivity index (χ2n) is 3.81. The second kappa shape index (κ2) is 6.58. The van der Waals surface area contributed by atoms with Gasteiger partial charge in [0.25, 0.3) is 0 Å². The van der Waals surface area contributed by atoms with E-state index in [0.717, 1.165) is 30.0 Å². The quantitative estimate of drug-likeness (QED) is 0.768. The minimum Gasteiger partial charge on any atom is -0.310 e. The Morgan fingerprint density at radius 3 is 2.88 bits per heavy atom. The lowest BCUT2D eigenvalue weighted by Crippen LogP contribution is -2.21. The number of hydrogen-bond acceptors (Lipinski definition) is 1. The van der Waals surface area contributed by atoms with Crippen LogP contribution >= 0.6 is 11.6 Å². The van der Waals surface area contributed by atoms with E-state index >= 15 is 0 Å². The maximum Gasteiger partial charge on any atom is 0.0438 e. The lowest BCUT2D eigenvalue weighted by atomic mass is 9.97. The summed E-state index contributed by atoms with van der Waals surface area (Å²) in [6.45, 7) is 5.09. The van der Waals surface area contributed by atoms with Crippen molar-refractivity contribution in [1.82, 2.24) is 5.32 Å². The lowest BCUT2D eigenvalue weighted by Gasteiger charge is -2.20. The highest BCUT2D eigenvalue weighted by Gasteiger charge is 2.13. The van der Waals surface area contributed by atoms with E-state index < -0.39 is 0 Å². The van der Waals surface area contributed by atoms with Gasteiger partial charge in [-0.15, -0.1) is 12.3 Å². The summed E-state index contributed by atoms with van der Waals surface area (Å²) >= 11 is 6.12. The number of hydrogen-bond donors (Lipinski definition) is 1. The van der Waals surface area contributed by atoms with Crippen LogP contribution in [0.5, 0.6) is 0 Å². The normalized spacial score (nSPS) is 12.1. The van der Waals surface area contributed by atoms with E-state index in [1.165, 1.54) is 5.56 Å². The van der Waals surface area contributed by atoms with Gasteiger partial charge in [0.15, 0.2) is 0 Å². The highest BCUT2D eigenvalue weighted by atomic mass is 35.5. The van der Waals surface area contributed by atoms with Crippen LogP contribution in [0, 0.1) is 19.3 Å². The van der Waals surface area contributed by atoms with E-state index in [2.05, 4.69) is 31.2 Å². The highest BCUT2D eigenvalue weighted by molar-refractivity contribution is 6.31. The molecule has 0 aromatic heterocycles. The summed E-state index contributed by atoms with van der Waals surface area (Å²) in [4.78, 5) is 0. The molecule has 0 amide bonds. The Hall–Kier alpha value is -0.970. The molecular weight excluding hydrogens is 218 g/mol. The number of benzene rings is 1. The molecule has 0 saturated heterocycles. The third-order valence-electron chi connectivity index (χ3n) is 2.71. The molecule has 0 spiro atoms. The zero-order valence-electron chi connectivity index (χ0n) is 9.89. The van der Waals surface area contributed by atoms with E-state index in [1.54, 1.807) is 0 Å². The fraction of sp³-hybridized carbons (Fsp3) is 0.429. The fourth-order valence-electron chi connectivity index (χ4n) is 1.84. The van der Waals surface area contributed by atoms with E-state index in [-0.39, 0.29) is 0 Å². The minimum absolute atomic E-state index is 0.305. The van der Waals surface area contributed by atoms with Crippen molar-refractivity contribution in [1.29, 1.82) is 0 Å². The molecule has 0 bridgehead atoms. The first-order chi connectivity index (χ1) is 7.70. The first kappa shape index (κ1) is 13.1. The summed E-state index contributed by atoms with van der Waals surface area (Å²) in [5.74, 6) is 2.69. The molecule has 0 fully saturated rings. The van der Waals surface area contributed by atoms with Crippen LogP contribution in [0.4, 0.5) is 0 Å². The predicted molar refractivity (Wildman–Crippen MR) is 70.7 cm³/mol. The molecule has 1 atom stereocenters. The summed E-state index contributed by atoms with van der Waals surface area (Å²) < 4.78 is 0. The van der Waals surface area contributed by atoms with Crippen LogP contribution in [-0.2, 0) is 0 Å². The van der Waals surface area contributed by atoms with Gasteiger partial charge in [-0.3, -0.25) is 0 Å². The zero-order chi connectivity index (χ0) is 12.0. The van der Waals surface area contributed by atoms with Crippen molar-refractivity contribution in [3.63, 3.8) is 0 Å². The van der Waals surface area contributed by atoms with Crippen molar-refractivity contribution < 1.29 is 0 Å². The van der Waals surface area contributed by atoms with E-state index in [4.69, 9.17) is 18.0 Å². The standard InChI is InChI=1S/C14H18ClN/c1-4-6-10-14(16-5-2)12-8-7-9-13(15)11(12)3/h1,7-9,14,16H,5-6,10H2,2-3H3. The van der Waals surface area contributed by atoms with Crippen LogP contribution in [0.2, 0.25) is 5.02 Å². The van der Waals surface area contributed by atoms with Crippen LogP contribution in [-0.4, -0.2) is 6.54 Å². The Balaban J connectivity index is 2.92. The van der Waals surface area contributed by atoms with Crippen molar-refractivity contribution >= 4 is 11.6 Å². The topological polar surface area (TPSA) is 12.0 Å². The number of rotatable bonds is 5. The first-order valence-corrected chi connectivity index (χ1v) is 6.00. The number of nitrogens with one attached hydrogen (secondary N) is 1. The molecule has 0 aliphatic carbocycles. The molecule has 2 heteroatoms. The third kappa shape index (κ3) is 3.27. The maximum atomic E-state index is 6.12. The molecule has 0 aliphatic rings. The molecule has 0 radical (unpaired) electrons. The van der Waals surface area contributed by atoms with Crippen molar-refractivity contribution in [3.8, 4) is 12.3 Å². The van der Waals surface area contributed by atoms with Crippen LogP contribution < -0.4 is 5.32 Å². The molecule has 1 N–H and O–H groups in total. The van der Waals surface area contributed by atoms with Gasteiger partial charge in [0, 0.05) is 17.5 Å². The van der Waals surface area contributed by atoms with Gasteiger partial charge in [-0.2, -0.15) is 0 Å². The Morgan fingerprint density at radius 2 is 2.25 bits per heavy atom. The van der Waals surface area contributed by atoms with Gasteiger partial charge >= 0.3 is 0 Å². The average Bonchev–Trinajstić information content (AvgIpc) is 2.28. The molecule has 0 saturated carbocycles. The van der Waals surface area contributed by atoms with Crippen LogP contribution in [0.1, 0.15) is 36.9 Å². The summed E-state index contributed by atoms with van der Waals surface area (Å²) in [7, 11) is 0. The monoisotopic (exact) mass is 235 g/mol. The molecule has 16 heavy (non-hydrogen) atoms. The zero-order valence-corrected chi connectivity index (χ0v) is 10.6. The van der Waals surface area contributed by atoms with E-state index in [1.807, 2.05) is 12.1 Å². The van der Waals surface area contributed by atoms with Crippen molar-refractivity contribution in [2.75, 3.05) is 6.54 Å². The van der Waals surface area contributed by atoms with Gasteiger partial charge < -0.3 is 5.32 Å². The van der Waals surface area contributed by atoms with Gasteiger partial charge in [0.2, 0.25) is 0 Å². The summed E-state index contributed by atoms with van der Waals surface area (Å²) in [6, 6.07) is 6.33. The molecule has 0 aliphatic heterocycles. The van der Waals surface area contributed by atoms with Crippen LogP contribution in [0.25, 0.3) is 0 Å². The van der Waals surface area contributed by atoms with Gasteiger partial charge in [-0.25, -0.2) is 0 Å². The summed E-state index contributed by atoms with van der Waals surface area (Å²) in [6.07, 6.45) is 7.05. The van der Waals surface area contributed by atoms with Crippen molar-refractivity contribution in [2.24, 2.45) is 0 Å². The molecule has 0 heterocycles. The molecule has 1 unspecified atom stereocenters. The van der Waals surface area contributed by atoms with E-state index in [0.29, 0.717) is 6.04 Å². The molecule has 86 valence electrons. The third-order valence-corrected chi connectivity index (χ3v) is 3.12. The van der Waals surface area contributed by atoms with Crippen molar-refractivity contribution in [3.05, 3.63) is 34.3 Å². The van der Waals surface area contributed by atoms with Gasteiger partial charge in [-0.1, -0.05) is 30.7 Å². The molecular formula is C14H18ClN. The highest BCUT2D eigenvalue weighted by Crippen LogP contribution is 2.26. The maximum absolute atomic E-state index is 6.12.